The summed E-state index contributed by atoms with van der Waals surface area (Å²) in [5, 5.41) is 11.2. The number of piperidine rings is 2. The first-order valence-electron chi connectivity index (χ1n) is 16.6. The van der Waals surface area contributed by atoms with E-state index in [9.17, 15) is 8.42 Å². The van der Waals surface area contributed by atoms with Crippen molar-refractivity contribution in [3.63, 3.8) is 0 Å². The fourth-order valence-corrected chi connectivity index (χ4v) is 10.6. The smallest absolute Gasteiger partial charge is 0.204 e. The third-order valence-corrected chi connectivity index (χ3v) is 13.1. The van der Waals surface area contributed by atoms with E-state index in [0.717, 1.165) is 65.9 Å². The van der Waals surface area contributed by atoms with Gasteiger partial charge in [0.15, 0.2) is 32.4 Å². The van der Waals surface area contributed by atoms with Crippen LogP contribution in [0.4, 0.5) is 17.5 Å². The maximum absolute atomic E-state index is 13.1. The number of ether oxygens (including phenoxy) is 1. The van der Waals surface area contributed by atoms with Crippen LogP contribution in [-0.4, -0.2) is 71.3 Å². The highest BCUT2D eigenvalue weighted by Gasteiger charge is 2.65. The zero-order valence-electron chi connectivity index (χ0n) is 26.9. The van der Waals surface area contributed by atoms with Crippen molar-refractivity contribution < 1.29 is 13.2 Å². The minimum absolute atomic E-state index is 0.0378. The molecule has 4 aromatic rings. The van der Waals surface area contributed by atoms with Crippen LogP contribution in [0, 0.1) is 12.8 Å². The molecule has 8 rings (SSSR count). The normalized spacial score (nSPS) is 24.0. The first-order chi connectivity index (χ1) is 22.8. The summed E-state index contributed by atoms with van der Waals surface area (Å²) in [4.78, 5) is 16.2. The molecule has 0 bridgehead atoms. The molecule has 4 fully saturated rings. The number of anilines is 3. The van der Waals surface area contributed by atoms with Gasteiger partial charge in [-0.25, -0.2) is 18.4 Å². The van der Waals surface area contributed by atoms with Crippen molar-refractivity contribution in [1.82, 2.24) is 25.1 Å². The number of nitrogens with zero attached hydrogens (tertiary/aromatic N) is 5. The molecule has 2 aromatic carbocycles. The molecule has 6 heterocycles. The second-order valence-electron chi connectivity index (χ2n) is 13.7. The Kier molecular flexibility index (Phi) is 7.92. The maximum atomic E-state index is 13.1. The summed E-state index contributed by atoms with van der Waals surface area (Å²) >= 11 is 1.40. The molecule has 12 heteroatoms. The molecular weight excluding hydrogens is 631 g/mol. The topological polar surface area (TPSA) is 116 Å². The van der Waals surface area contributed by atoms with E-state index in [1.165, 1.54) is 43.9 Å². The van der Waals surface area contributed by atoms with Crippen LogP contribution in [0.3, 0.4) is 0 Å². The van der Waals surface area contributed by atoms with Crippen molar-refractivity contribution in [2.75, 3.05) is 30.4 Å². The molecular formula is C35H41N7O3S2. The van der Waals surface area contributed by atoms with E-state index in [2.05, 4.69) is 25.3 Å². The Morgan fingerprint density at radius 1 is 1.00 bits per heavy atom. The van der Waals surface area contributed by atoms with E-state index in [1.807, 2.05) is 55.5 Å². The van der Waals surface area contributed by atoms with Crippen LogP contribution < -0.4 is 15.0 Å². The van der Waals surface area contributed by atoms with Gasteiger partial charge in [-0.3, -0.25) is 10.00 Å². The van der Waals surface area contributed by atoms with Gasteiger partial charge in [0.2, 0.25) is 5.75 Å². The number of H-pyrrole nitrogens is 1. The Morgan fingerprint density at radius 2 is 1.72 bits per heavy atom. The zero-order valence-corrected chi connectivity index (χ0v) is 28.5. The molecule has 0 spiro atoms. The van der Waals surface area contributed by atoms with Crippen LogP contribution in [-0.2, 0) is 15.6 Å². The van der Waals surface area contributed by atoms with Gasteiger partial charge in [-0.2, -0.15) is 5.10 Å². The fraction of sp³-hybridized carbons (Fsp3) is 0.457. The van der Waals surface area contributed by atoms with Gasteiger partial charge in [0.05, 0.1) is 17.8 Å². The lowest BCUT2D eigenvalue weighted by atomic mass is 9.63. The third-order valence-electron chi connectivity index (χ3n) is 10.6. The van der Waals surface area contributed by atoms with Gasteiger partial charge in [0.25, 0.3) is 0 Å². The Morgan fingerprint density at radius 3 is 2.38 bits per heavy atom. The number of rotatable bonds is 11. The lowest BCUT2D eigenvalue weighted by Crippen LogP contribution is -2.75. The molecule has 4 saturated heterocycles. The lowest BCUT2D eigenvalue weighted by molar-refractivity contribution is -0.175. The monoisotopic (exact) mass is 671 g/mol. The van der Waals surface area contributed by atoms with E-state index in [0.29, 0.717) is 33.0 Å². The van der Waals surface area contributed by atoms with Gasteiger partial charge in [-0.05, 0) is 99.4 Å². The van der Waals surface area contributed by atoms with E-state index in [4.69, 9.17) is 14.7 Å². The standard InChI is InChI=1S/C35H41N7O3S2/c1-23-18-30(40-39-23)36-32-31(45-2)33(41-16-14-24(15-17-41)19-35-20-26-8-9-27(21-35)42(26)35)38-34(37-32)46-28-10-12-29(13-11-28)47(43,44)22-25-6-4-3-5-7-25/h3-7,10-13,18,24,26-27H,8-9,14-17,19-22H2,1-2H3,(H2,36,37,38,39,40). The third kappa shape index (κ3) is 5.89. The van der Waals surface area contributed by atoms with Crippen LogP contribution in [0.5, 0.6) is 5.75 Å². The molecule has 0 aliphatic carbocycles. The number of nitrogens with one attached hydrogen (secondary N) is 2. The Labute approximate surface area is 280 Å². The van der Waals surface area contributed by atoms with Crippen LogP contribution in [0.1, 0.15) is 56.2 Å². The molecule has 246 valence electrons. The van der Waals surface area contributed by atoms with Gasteiger partial charge >= 0.3 is 0 Å². The summed E-state index contributed by atoms with van der Waals surface area (Å²) in [5.41, 5.74) is 2.20. The van der Waals surface area contributed by atoms with Crippen LogP contribution in [0.15, 0.2) is 75.6 Å². The molecule has 2 unspecified atom stereocenters. The van der Waals surface area contributed by atoms with E-state index >= 15 is 0 Å². The molecule has 0 amide bonds. The van der Waals surface area contributed by atoms with Crippen molar-refractivity contribution >= 4 is 39.1 Å². The van der Waals surface area contributed by atoms with Gasteiger partial charge in [-0.15, -0.1) is 0 Å². The minimum Gasteiger partial charge on any atom is -0.490 e. The average Bonchev–Trinajstić information content (AvgIpc) is 3.52. The first-order valence-corrected chi connectivity index (χ1v) is 19.1. The van der Waals surface area contributed by atoms with Crippen molar-refractivity contribution in [2.45, 2.75) is 90.2 Å². The lowest BCUT2D eigenvalue weighted by Gasteiger charge is -2.68. The van der Waals surface area contributed by atoms with Crippen molar-refractivity contribution in [1.29, 1.82) is 0 Å². The summed E-state index contributed by atoms with van der Waals surface area (Å²) in [7, 11) is -1.82. The van der Waals surface area contributed by atoms with Gasteiger partial charge in [0.1, 0.15) is 0 Å². The molecule has 47 heavy (non-hydrogen) atoms. The van der Waals surface area contributed by atoms with E-state index < -0.39 is 9.84 Å². The quantitative estimate of drug-likeness (QED) is 0.174. The molecule has 10 nitrogen and oxygen atoms in total. The molecule has 2 atom stereocenters. The largest absolute Gasteiger partial charge is 0.490 e. The van der Waals surface area contributed by atoms with Crippen molar-refractivity contribution in [3.8, 4) is 5.75 Å². The second kappa shape index (κ2) is 12.1. The van der Waals surface area contributed by atoms with Crippen molar-refractivity contribution in [3.05, 3.63) is 71.9 Å². The number of aryl methyl sites for hydroxylation is 1. The summed E-state index contributed by atoms with van der Waals surface area (Å²) in [6.07, 6.45) is 9.24. The zero-order chi connectivity index (χ0) is 32.2. The van der Waals surface area contributed by atoms with Crippen molar-refractivity contribution in [2.24, 2.45) is 5.92 Å². The van der Waals surface area contributed by atoms with Crippen LogP contribution >= 0.6 is 11.8 Å². The summed E-state index contributed by atoms with van der Waals surface area (Å²) in [5.74, 6) is 3.25. The number of hydrogen-bond acceptors (Lipinski definition) is 10. The first kappa shape index (κ1) is 30.7. The highest BCUT2D eigenvalue weighted by Crippen LogP contribution is 2.61. The van der Waals surface area contributed by atoms with E-state index in [-0.39, 0.29) is 5.75 Å². The fourth-order valence-electron chi connectivity index (χ4n) is 8.49. The number of aromatic amines is 1. The van der Waals surface area contributed by atoms with E-state index in [1.54, 1.807) is 19.2 Å². The summed E-state index contributed by atoms with van der Waals surface area (Å²) in [6.45, 7) is 3.78. The number of benzene rings is 2. The molecule has 4 aliphatic heterocycles. The predicted molar refractivity (Wildman–Crippen MR) is 183 cm³/mol. The number of aromatic nitrogens is 4. The number of methoxy groups -OCH3 is 1. The Hall–Kier alpha value is -3.61. The highest BCUT2D eigenvalue weighted by atomic mass is 32.2. The SMILES string of the molecule is COc1c(Nc2cc(C)[nH]n2)nc(Sc2ccc(S(=O)(=O)Cc3ccccc3)cc2)nc1N1CCC(CC23CC4CCC(C2)N43)CC1. The van der Waals surface area contributed by atoms with Crippen LogP contribution in [0.2, 0.25) is 0 Å². The molecule has 0 radical (unpaired) electrons. The second-order valence-corrected chi connectivity index (χ2v) is 16.7. The number of sulfone groups is 1. The maximum Gasteiger partial charge on any atom is 0.204 e. The summed E-state index contributed by atoms with van der Waals surface area (Å²) < 4.78 is 32.1. The van der Waals surface area contributed by atoms with Gasteiger partial charge in [-0.1, -0.05) is 30.3 Å². The Bertz CT molecular complexity index is 1840. The minimum atomic E-state index is -3.47. The predicted octanol–water partition coefficient (Wildman–Crippen LogP) is 6.37. The molecule has 2 aromatic heterocycles. The van der Waals surface area contributed by atoms with Gasteiger partial charge in [0, 0.05) is 47.4 Å². The van der Waals surface area contributed by atoms with Crippen LogP contribution in [0.25, 0.3) is 0 Å². The summed E-state index contributed by atoms with van der Waals surface area (Å²) in [6, 6.07) is 19.9. The number of hydrogen-bond donors (Lipinski definition) is 2. The Balaban J connectivity index is 1.01. The highest BCUT2D eigenvalue weighted by molar-refractivity contribution is 7.99. The molecule has 0 saturated carbocycles. The molecule has 2 N–H and O–H groups in total. The average molecular weight is 672 g/mol. The molecule has 4 aliphatic rings. The van der Waals surface area contributed by atoms with Gasteiger partial charge < -0.3 is 15.0 Å².